The van der Waals surface area contributed by atoms with Crippen LogP contribution in [0.4, 0.5) is 0 Å². The first-order chi connectivity index (χ1) is 7.26. The number of hydrogen-bond donors (Lipinski definition) is 1. The number of methoxy groups -OCH3 is 3. The SMILES string of the molecule is COc1ccc([C@@H](CN)OC)c(OC)c1. The predicted molar refractivity (Wildman–Crippen MR) is 58.4 cm³/mol. The molecule has 0 aliphatic rings. The number of hydrogen-bond acceptors (Lipinski definition) is 4. The van der Waals surface area contributed by atoms with E-state index in [4.69, 9.17) is 19.9 Å². The lowest BCUT2D eigenvalue weighted by Crippen LogP contribution is -2.15. The van der Waals surface area contributed by atoms with Crippen molar-refractivity contribution in [2.24, 2.45) is 5.73 Å². The lowest BCUT2D eigenvalue weighted by atomic mass is 10.1. The molecule has 0 aliphatic carbocycles. The molecule has 0 heterocycles. The van der Waals surface area contributed by atoms with Crippen molar-refractivity contribution in [3.8, 4) is 11.5 Å². The average molecular weight is 211 g/mol. The van der Waals surface area contributed by atoms with E-state index in [1.807, 2.05) is 18.2 Å². The van der Waals surface area contributed by atoms with E-state index in [0.29, 0.717) is 6.54 Å². The molecule has 4 heteroatoms. The van der Waals surface area contributed by atoms with Crippen LogP contribution < -0.4 is 15.2 Å². The second-order valence-corrected chi connectivity index (χ2v) is 3.07. The fraction of sp³-hybridized carbons (Fsp3) is 0.455. The van der Waals surface area contributed by atoms with Crippen LogP contribution in [0.5, 0.6) is 11.5 Å². The van der Waals surface area contributed by atoms with Crippen molar-refractivity contribution < 1.29 is 14.2 Å². The van der Waals surface area contributed by atoms with E-state index in [2.05, 4.69) is 0 Å². The van der Waals surface area contributed by atoms with Crippen molar-refractivity contribution >= 4 is 0 Å². The summed E-state index contributed by atoms with van der Waals surface area (Å²) < 4.78 is 15.6. The molecular formula is C11H17NO3. The van der Waals surface area contributed by atoms with E-state index in [1.165, 1.54) is 0 Å². The Morgan fingerprint density at radius 2 is 1.93 bits per heavy atom. The van der Waals surface area contributed by atoms with Gasteiger partial charge in [0.2, 0.25) is 0 Å². The molecule has 2 N–H and O–H groups in total. The van der Waals surface area contributed by atoms with Crippen LogP contribution in [0.25, 0.3) is 0 Å². The summed E-state index contributed by atoms with van der Waals surface area (Å²) in [6.07, 6.45) is -0.147. The zero-order valence-electron chi connectivity index (χ0n) is 9.32. The van der Waals surface area contributed by atoms with Crippen LogP contribution >= 0.6 is 0 Å². The van der Waals surface area contributed by atoms with Crippen LogP contribution in [0.3, 0.4) is 0 Å². The van der Waals surface area contributed by atoms with Crippen LogP contribution in [0.15, 0.2) is 18.2 Å². The van der Waals surface area contributed by atoms with E-state index >= 15 is 0 Å². The second kappa shape index (κ2) is 5.58. The Hall–Kier alpha value is -1.26. The molecule has 0 aliphatic heterocycles. The number of ether oxygens (including phenoxy) is 3. The minimum Gasteiger partial charge on any atom is -0.497 e. The molecule has 1 aromatic carbocycles. The maximum absolute atomic E-state index is 5.60. The van der Waals surface area contributed by atoms with E-state index in [9.17, 15) is 0 Å². The molecule has 0 spiro atoms. The summed E-state index contributed by atoms with van der Waals surface area (Å²) in [5, 5.41) is 0. The Kier molecular flexibility index (Phi) is 4.39. The fourth-order valence-electron chi connectivity index (χ4n) is 1.43. The Balaban J connectivity index is 3.06. The van der Waals surface area contributed by atoms with Crippen molar-refractivity contribution in [2.45, 2.75) is 6.10 Å². The van der Waals surface area contributed by atoms with Gasteiger partial charge in [-0.2, -0.15) is 0 Å². The highest BCUT2D eigenvalue weighted by molar-refractivity contribution is 5.42. The first-order valence-corrected chi connectivity index (χ1v) is 4.71. The maximum Gasteiger partial charge on any atom is 0.128 e. The van der Waals surface area contributed by atoms with E-state index < -0.39 is 0 Å². The Morgan fingerprint density at radius 1 is 1.20 bits per heavy atom. The van der Waals surface area contributed by atoms with Gasteiger partial charge < -0.3 is 19.9 Å². The monoisotopic (exact) mass is 211 g/mol. The Morgan fingerprint density at radius 3 is 2.40 bits per heavy atom. The molecule has 0 fully saturated rings. The number of nitrogens with two attached hydrogens (primary N) is 1. The van der Waals surface area contributed by atoms with Crippen LogP contribution in [0.1, 0.15) is 11.7 Å². The molecule has 4 nitrogen and oxygen atoms in total. The van der Waals surface area contributed by atoms with Gasteiger partial charge in [0.15, 0.2) is 0 Å². The first kappa shape index (κ1) is 11.8. The highest BCUT2D eigenvalue weighted by atomic mass is 16.5. The van der Waals surface area contributed by atoms with E-state index in [1.54, 1.807) is 21.3 Å². The molecule has 1 atom stereocenters. The summed E-state index contributed by atoms with van der Waals surface area (Å²) in [5.41, 5.74) is 6.53. The molecule has 0 radical (unpaired) electrons. The lowest BCUT2D eigenvalue weighted by molar-refractivity contribution is 0.108. The van der Waals surface area contributed by atoms with Gasteiger partial charge in [-0.25, -0.2) is 0 Å². The van der Waals surface area contributed by atoms with Gasteiger partial charge in [0.05, 0.1) is 20.3 Å². The molecule has 15 heavy (non-hydrogen) atoms. The summed E-state index contributed by atoms with van der Waals surface area (Å²) in [7, 11) is 4.86. The Labute approximate surface area is 89.9 Å². The molecule has 0 amide bonds. The molecule has 84 valence electrons. The highest BCUT2D eigenvalue weighted by Crippen LogP contribution is 2.30. The number of rotatable bonds is 5. The standard InChI is InChI=1S/C11H17NO3/c1-13-8-4-5-9(10(6-8)14-2)11(7-12)15-3/h4-6,11H,7,12H2,1-3H3/t11-/m1/s1. The minimum atomic E-state index is -0.147. The third-order valence-electron chi connectivity index (χ3n) is 2.29. The van der Waals surface area contributed by atoms with Crippen LogP contribution in [0, 0.1) is 0 Å². The van der Waals surface area contributed by atoms with Gasteiger partial charge in [0.1, 0.15) is 11.5 Å². The summed E-state index contributed by atoms with van der Waals surface area (Å²) >= 11 is 0. The average Bonchev–Trinajstić information content (AvgIpc) is 2.31. The quantitative estimate of drug-likeness (QED) is 0.798. The zero-order chi connectivity index (χ0) is 11.3. The second-order valence-electron chi connectivity index (χ2n) is 3.07. The van der Waals surface area contributed by atoms with Gasteiger partial charge in [0.25, 0.3) is 0 Å². The molecule has 0 saturated heterocycles. The van der Waals surface area contributed by atoms with E-state index in [0.717, 1.165) is 17.1 Å². The normalized spacial score (nSPS) is 12.3. The zero-order valence-corrected chi connectivity index (χ0v) is 9.32. The van der Waals surface area contributed by atoms with Crippen LogP contribution in [-0.4, -0.2) is 27.9 Å². The van der Waals surface area contributed by atoms with Crippen molar-refractivity contribution in [1.82, 2.24) is 0 Å². The third-order valence-corrected chi connectivity index (χ3v) is 2.29. The van der Waals surface area contributed by atoms with Crippen molar-refractivity contribution in [3.63, 3.8) is 0 Å². The first-order valence-electron chi connectivity index (χ1n) is 4.71. The summed E-state index contributed by atoms with van der Waals surface area (Å²) in [5.74, 6) is 1.48. The Bertz CT molecular complexity index is 311. The van der Waals surface area contributed by atoms with Gasteiger partial charge in [-0.1, -0.05) is 0 Å². The molecule has 1 aromatic rings. The molecule has 0 saturated carbocycles. The molecule has 0 bridgehead atoms. The summed E-state index contributed by atoms with van der Waals surface area (Å²) in [6, 6.07) is 5.58. The van der Waals surface area contributed by atoms with Gasteiger partial charge in [-0.15, -0.1) is 0 Å². The van der Waals surface area contributed by atoms with Gasteiger partial charge in [0, 0.05) is 25.3 Å². The number of benzene rings is 1. The molecular weight excluding hydrogens is 194 g/mol. The van der Waals surface area contributed by atoms with Crippen LogP contribution in [0.2, 0.25) is 0 Å². The third kappa shape index (κ3) is 2.61. The maximum atomic E-state index is 5.60. The topological polar surface area (TPSA) is 53.7 Å². The van der Waals surface area contributed by atoms with Gasteiger partial charge >= 0.3 is 0 Å². The smallest absolute Gasteiger partial charge is 0.128 e. The molecule has 0 unspecified atom stereocenters. The molecule has 0 aromatic heterocycles. The van der Waals surface area contributed by atoms with Crippen molar-refractivity contribution in [1.29, 1.82) is 0 Å². The van der Waals surface area contributed by atoms with E-state index in [-0.39, 0.29) is 6.10 Å². The molecule has 1 rings (SSSR count). The fourth-order valence-corrected chi connectivity index (χ4v) is 1.43. The largest absolute Gasteiger partial charge is 0.497 e. The summed E-state index contributed by atoms with van der Waals surface area (Å²) in [4.78, 5) is 0. The van der Waals surface area contributed by atoms with Crippen LogP contribution in [-0.2, 0) is 4.74 Å². The predicted octanol–water partition coefficient (Wildman–Crippen LogP) is 1.35. The van der Waals surface area contributed by atoms with Gasteiger partial charge in [-0.05, 0) is 12.1 Å². The summed E-state index contributed by atoms with van der Waals surface area (Å²) in [6.45, 7) is 0.416. The van der Waals surface area contributed by atoms with Crippen molar-refractivity contribution in [3.05, 3.63) is 23.8 Å². The van der Waals surface area contributed by atoms with Gasteiger partial charge in [-0.3, -0.25) is 0 Å². The lowest BCUT2D eigenvalue weighted by Gasteiger charge is -2.17. The minimum absolute atomic E-state index is 0.147. The van der Waals surface area contributed by atoms with Crippen molar-refractivity contribution in [2.75, 3.05) is 27.9 Å². The highest BCUT2D eigenvalue weighted by Gasteiger charge is 2.14.